The number of benzene rings is 2. The third-order valence-electron chi connectivity index (χ3n) is 5.48. The highest BCUT2D eigenvalue weighted by atomic mass is 16.5. The predicted octanol–water partition coefficient (Wildman–Crippen LogP) is 2.58. The average molecular weight is 393 g/mol. The van der Waals surface area contributed by atoms with Gasteiger partial charge >= 0.3 is 0 Å². The van der Waals surface area contributed by atoms with Crippen LogP contribution in [0.1, 0.15) is 34.3 Å². The molecule has 2 saturated heterocycles. The quantitative estimate of drug-likeness (QED) is 0.820. The first kappa shape index (κ1) is 19.6. The van der Waals surface area contributed by atoms with E-state index >= 15 is 0 Å². The second-order valence-corrected chi connectivity index (χ2v) is 7.59. The van der Waals surface area contributed by atoms with Crippen molar-refractivity contribution in [3.05, 3.63) is 65.2 Å². The van der Waals surface area contributed by atoms with Crippen molar-refractivity contribution in [3.63, 3.8) is 0 Å². The molecule has 0 spiro atoms. The second kappa shape index (κ2) is 9.20. The highest BCUT2D eigenvalue weighted by molar-refractivity contribution is 5.99. The Labute approximate surface area is 171 Å². The van der Waals surface area contributed by atoms with Crippen molar-refractivity contribution in [2.45, 2.75) is 25.9 Å². The van der Waals surface area contributed by atoms with E-state index in [4.69, 9.17) is 4.74 Å². The van der Waals surface area contributed by atoms with Crippen LogP contribution in [0.4, 0.5) is 5.69 Å². The molecule has 0 unspecified atom stereocenters. The normalized spacial score (nSPS) is 17.5. The van der Waals surface area contributed by atoms with Gasteiger partial charge in [0.25, 0.3) is 5.91 Å². The van der Waals surface area contributed by atoms with Gasteiger partial charge in [-0.05, 0) is 35.7 Å². The SMILES string of the molecule is O=C(NCc1ccc(CN2CCOCC2)cc1)c1cccc(N2CCCC2=O)c1. The summed E-state index contributed by atoms with van der Waals surface area (Å²) >= 11 is 0. The van der Waals surface area contributed by atoms with Gasteiger partial charge in [-0.15, -0.1) is 0 Å². The van der Waals surface area contributed by atoms with Gasteiger partial charge in [0.2, 0.25) is 5.91 Å². The first-order valence-electron chi connectivity index (χ1n) is 10.3. The van der Waals surface area contributed by atoms with Crippen LogP contribution in [0.25, 0.3) is 0 Å². The molecule has 2 aliphatic heterocycles. The number of nitrogens with one attached hydrogen (secondary N) is 1. The second-order valence-electron chi connectivity index (χ2n) is 7.59. The summed E-state index contributed by atoms with van der Waals surface area (Å²) in [6.07, 6.45) is 1.45. The maximum Gasteiger partial charge on any atom is 0.251 e. The standard InChI is InChI=1S/C23H27N3O3/c27-22-5-2-10-26(22)21-4-1-3-20(15-21)23(28)24-16-18-6-8-19(9-7-18)17-25-11-13-29-14-12-25/h1,3-4,6-9,15H,2,5,10-14,16-17H2,(H,24,28). The molecule has 0 radical (unpaired) electrons. The molecule has 0 saturated carbocycles. The van der Waals surface area contributed by atoms with Gasteiger partial charge in [0, 0.05) is 50.4 Å². The minimum Gasteiger partial charge on any atom is -0.379 e. The monoisotopic (exact) mass is 393 g/mol. The van der Waals surface area contributed by atoms with Crippen LogP contribution < -0.4 is 10.2 Å². The lowest BCUT2D eigenvalue weighted by Gasteiger charge is -2.26. The summed E-state index contributed by atoms with van der Waals surface area (Å²) in [5, 5.41) is 2.98. The van der Waals surface area contributed by atoms with Crippen LogP contribution in [0.15, 0.2) is 48.5 Å². The molecule has 2 aromatic rings. The van der Waals surface area contributed by atoms with Gasteiger partial charge in [0.15, 0.2) is 0 Å². The van der Waals surface area contributed by atoms with Crippen LogP contribution in [0.3, 0.4) is 0 Å². The molecule has 4 rings (SSSR count). The molecule has 2 heterocycles. The van der Waals surface area contributed by atoms with Gasteiger partial charge in [-0.2, -0.15) is 0 Å². The van der Waals surface area contributed by atoms with Gasteiger partial charge < -0.3 is 15.0 Å². The number of hydrogen-bond acceptors (Lipinski definition) is 4. The molecule has 29 heavy (non-hydrogen) atoms. The van der Waals surface area contributed by atoms with Gasteiger partial charge in [0.05, 0.1) is 13.2 Å². The number of carbonyl (C=O) groups excluding carboxylic acids is 2. The third-order valence-corrected chi connectivity index (χ3v) is 5.48. The molecule has 6 nitrogen and oxygen atoms in total. The Hall–Kier alpha value is -2.70. The average Bonchev–Trinajstić information content (AvgIpc) is 3.20. The van der Waals surface area contributed by atoms with Gasteiger partial charge in [-0.25, -0.2) is 0 Å². The molecule has 2 aromatic carbocycles. The summed E-state index contributed by atoms with van der Waals surface area (Å²) in [7, 11) is 0. The molecule has 6 heteroatoms. The summed E-state index contributed by atoms with van der Waals surface area (Å²) in [5.41, 5.74) is 3.71. The Kier molecular flexibility index (Phi) is 6.22. The van der Waals surface area contributed by atoms with E-state index in [1.807, 2.05) is 12.1 Å². The number of amides is 2. The maximum absolute atomic E-state index is 12.6. The van der Waals surface area contributed by atoms with Crippen LogP contribution in [-0.4, -0.2) is 49.6 Å². The molecule has 0 aromatic heterocycles. The number of rotatable bonds is 6. The van der Waals surface area contributed by atoms with Crippen LogP contribution >= 0.6 is 0 Å². The zero-order valence-corrected chi connectivity index (χ0v) is 16.6. The van der Waals surface area contributed by atoms with Gasteiger partial charge in [-0.1, -0.05) is 30.3 Å². The van der Waals surface area contributed by atoms with E-state index in [0.717, 1.165) is 57.1 Å². The molecular formula is C23H27N3O3. The Morgan fingerprint density at radius 3 is 2.48 bits per heavy atom. The zero-order chi connectivity index (χ0) is 20.1. The first-order chi connectivity index (χ1) is 14.2. The van der Waals surface area contributed by atoms with Crippen LogP contribution in [0.2, 0.25) is 0 Å². The molecule has 1 N–H and O–H groups in total. The number of morpholine rings is 1. The fourth-order valence-electron chi connectivity index (χ4n) is 3.80. The summed E-state index contributed by atoms with van der Waals surface area (Å²) < 4.78 is 5.39. The highest BCUT2D eigenvalue weighted by Gasteiger charge is 2.22. The summed E-state index contributed by atoms with van der Waals surface area (Å²) in [5.74, 6) is -0.00406. The van der Waals surface area contributed by atoms with E-state index in [0.29, 0.717) is 18.5 Å². The van der Waals surface area contributed by atoms with E-state index in [9.17, 15) is 9.59 Å². The smallest absolute Gasteiger partial charge is 0.251 e. The third kappa shape index (κ3) is 5.02. The van der Waals surface area contributed by atoms with Gasteiger partial charge in [0.1, 0.15) is 0 Å². The minimum absolute atomic E-state index is 0.125. The zero-order valence-electron chi connectivity index (χ0n) is 16.6. The van der Waals surface area contributed by atoms with Crippen molar-refractivity contribution in [2.24, 2.45) is 0 Å². The Morgan fingerprint density at radius 1 is 1.00 bits per heavy atom. The molecule has 0 bridgehead atoms. The lowest BCUT2D eigenvalue weighted by molar-refractivity contribution is -0.117. The van der Waals surface area contributed by atoms with Crippen LogP contribution in [0.5, 0.6) is 0 Å². The number of hydrogen-bond donors (Lipinski definition) is 1. The van der Waals surface area contributed by atoms with E-state index in [2.05, 4.69) is 34.5 Å². The Morgan fingerprint density at radius 2 is 1.76 bits per heavy atom. The van der Waals surface area contributed by atoms with Crippen molar-refractivity contribution < 1.29 is 14.3 Å². The van der Waals surface area contributed by atoms with Crippen LogP contribution in [-0.2, 0) is 22.6 Å². The fraction of sp³-hybridized carbons (Fsp3) is 0.391. The van der Waals surface area contributed by atoms with E-state index < -0.39 is 0 Å². The number of anilines is 1. The largest absolute Gasteiger partial charge is 0.379 e. The Balaban J connectivity index is 1.32. The predicted molar refractivity (Wildman–Crippen MR) is 112 cm³/mol. The lowest BCUT2D eigenvalue weighted by atomic mass is 10.1. The topological polar surface area (TPSA) is 61.9 Å². The van der Waals surface area contributed by atoms with Crippen molar-refractivity contribution in [1.82, 2.24) is 10.2 Å². The molecular weight excluding hydrogens is 366 g/mol. The van der Waals surface area contributed by atoms with Crippen molar-refractivity contribution in [3.8, 4) is 0 Å². The summed E-state index contributed by atoms with van der Waals surface area (Å²) in [6, 6.07) is 15.7. The molecule has 152 valence electrons. The van der Waals surface area contributed by atoms with E-state index in [1.54, 1.807) is 17.0 Å². The fourth-order valence-corrected chi connectivity index (χ4v) is 3.80. The molecule has 2 aliphatic rings. The molecule has 0 atom stereocenters. The number of carbonyl (C=O) groups is 2. The van der Waals surface area contributed by atoms with E-state index in [1.165, 1.54) is 5.56 Å². The molecule has 2 fully saturated rings. The number of ether oxygens (including phenoxy) is 1. The van der Waals surface area contributed by atoms with Crippen molar-refractivity contribution in [2.75, 3.05) is 37.7 Å². The van der Waals surface area contributed by atoms with Crippen molar-refractivity contribution >= 4 is 17.5 Å². The minimum atomic E-state index is -0.129. The summed E-state index contributed by atoms with van der Waals surface area (Å²) in [4.78, 5) is 28.6. The Bertz CT molecular complexity index is 860. The van der Waals surface area contributed by atoms with Gasteiger partial charge in [-0.3, -0.25) is 14.5 Å². The number of nitrogens with zero attached hydrogens (tertiary/aromatic N) is 2. The molecule has 2 amide bonds. The van der Waals surface area contributed by atoms with Crippen LogP contribution in [0, 0.1) is 0 Å². The maximum atomic E-state index is 12.6. The van der Waals surface area contributed by atoms with Crippen molar-refractivity contribution in [1.29, 1.82) is 0 Å². The molecule has 0 aliphatic carbocycles. The first-order valence-corrected chi connectivity index (χ1v) is 10.3. The van der Waals surface area contributed by atoms with E-state index in [-0.39, 0.29) is 11.8 Å². The highest BCUT2D eigenvalue weighted by Crippen LogP contribution is 2.22. The lowest BCUT2D eigenvalue weighted by Crippen LogP contribution is -2.35. The summed E-state index contributed by atoms with van der Waals surface area (Å²) in [6.45, 7) is 5.68.